The van der Waals surface area contributed by atoms with Crippen molar-refractivity contribution >= 4 is 11.6 Å². The third-order valence-corrected chi connectivity index (χ3v) is 3.79. The van der Waals surface area contributed by atoms with E-state index in [0.29, 0.717) is 5.92 Å². The Hall–Kier alpha value is -0.730. The molecule has 3 heteroatoms. The zero-order valence-corrected chi connectivity index (χ0v) is 14.2. The van der Waals surface area contributed by atoms with E-state index < -0.39 is 0 Å². The van der Waals surface area contributed by atoms with Gasteiger partial charge in [-0.25, -0.2) is 0 Å². The Labute approximate surface area is 128 Å². The molecule has 1 aromatic carbocycles. The van der Waals surface area contributed by atoms with Crippen molar-refractivity contribution in [1.29, 1.82) is 0 Å². The van der Waals surface area contributed by atoms with Crippen LogP contribution >= 0.6 is 11.6 Å². The minimum Gasteiger partial charge on any atom is -0.489 e. The van der Waals surface area contributed by atoms with Crippen LogP contribution in [0.3, 0.4) is 0 Å². The van der Waals surface area contributed by atoms with Crippen LogP contribution in [0.25, 0.3) is 0 Å². The van der Waals surface area contributed by atoms with Crippen LogP contribution in [-0.2, 0) is 0 Å². The van der Waals surface area contributed by atoms with Crippen LogP contribution in [0.15, 0.2) is 12.1 Å². The number of ether oxygens (including phenoxy) is 1. The van der Waals surface area contributed by atoms with Gasteiger partial charge in [0.15, 0.2) is 0 Å². The zero-order valence-electron chi connectivity index (χ0n) is 13.4. The predicted molar refractivity (Wildman–Crippen MR) is 88.1 cm³/mol. The molecule has 0 fully saturated rings. The van der Waals surface area contributed by atoms with Crippen molar-refractivity contribution in [2.24, 2.45) is 0 Å². The minimum atomic E-state index is 0.157. The lowest BCUT2D eigenvalue weighted by Crippen LogP contribution is -2.29. The third-order valence-electron chi connectivity index (χ3n) is 3.38. The van der Waals surface area contributed by atoms with Crippen LogP contribution in [-0.4, -0.2) is 19.2 Å². The summed E-state index contributed by atoms with van der Waals surface area (Å²) in [6.07, 6.45) is 2.59. The first-order valence-electron chi connectivity index (χ1n) is 7.63. The molecule has 0 aliphatic rings. The zero-order chi connectivity index (χ0) is 15.1. The van der Waals surface area contributed by atoms with Crippen LogP contribution in [0.1, 0.15) is 57.6 Å². The Balaban J connectivity index is 2.68. The van der Waals surface area contributed by atoms with Crippen LogP contribution in [0.4, 0.5) is 0 Å². The average molecular weight is 298 g/mol. The third kappa shape index (κ3) is 5.34. The van der Waals surface area contributed by atoms with E-state index in [2.05, 4.69) is 39.1 Å². The second-order valence-corrected chi connectivity index (χ2v) is 6.19. The summed E-state index contributed by atoms with van der Waals surface area (Å²) in [5.41, 5.74) is 2.25. The monoisotopic (exact) mass is 297 g/mol. The van der Waals surface area contributed by atoms with E-state index in [4.69, 9.17) is 16.3 Å². The summed E-state index contributed by atoms with van der Waals surface area (Å²) in [5, 5.41) is 4.24. The van der Waals surface area contributed by atoms with Crippen molar-refractivity contribution in [2.45, 2.75) is 59.5 Å². The highest BCUT2D eigenvalue weighted by atomic mass is 35.5. The highest BCUT2D eigenvalue weighted by Gasteiger charge is 2.13. The van der Waals surface area contributed by atoms with Gasteiger partial charge < -0.3 is 10.1 Å². The SMILES string of the molecule is CCCCNCC(C)Oc1cc(C)c(Cl)cc1C(C)C. The first-order valence-corrected chi connectivity index (χ1v) is 8.00. The molecule has 1 N–H and O–H groups in total. The molecule has 0 saturated heterocycles. The highest BCUT2D eigenvalue weighted by Crippen LogP contribution is 2.32. The van der Waals surface area contributed by atoms with Gasteiger partial charge in [-0.1, -0.05) is 38.8 Å². The molecular weight excluding hydrogens is 270 g/mol. The summed E-state index contributed by atoms with van der Waals surface area (Å²) in [6, 6.07) is 4.09. The van der Waals surface area contributed by atoms with Crippen LogP contribution in [0.5, 0.6) is 5.75 Å². The van der Waals surface area contributed by atoms with E-state index in [1.807, 2.05) is 13.0 Å². The van der Waals surface area contributed by atoms with Gasteiger partial charge in [0.1, 0.15) is 11.9 Å². The number of hydrogen-bond donors (Lipinski definition) is 1. The van der Waals surface area contributed by atoms with Crippen LogP contribution < -0.4 is 10.1 Å². The molecule has 0 saturated carbocycles. The van der Waals surface area contributed by atoms with Crippen molar-refractivity contribution in [3.63, 3.8) is 0 Å². The summed E-state index contributed by atoms with van der Waals surface area (Å²) in [6.45, 7) is 12.6. The molecule has 1 atom stereocenters. The summed E-state index contributed by atoms with van der Waals surface area (Å²) < 4.78 is 6.10. The Morgan fingerprint density at radius 2 is 1.95 bits per heavy atom. The van der Waals surface area contributed by atoms with Gasteiger partial charge in [0.2, 0.25) is 0 Å². The summed E-state index contributed by atoms with van der Waals surface area (Å²) >= 11 is 6.22. The molecule has 1 rings (SSSR count). The molecule has 0 bridgehead atoms. The lowest BCUT2D eigenvalue weighted by atomic mass is 10.0. The van der Waals surface area contributed by atoms with Crippen molar-refractivity contribution in [2.75, 3.05) is 13.1 Å². The topological polar surface area (TPSA) is 21.3 Å². The highest BCUT2D eigenvalue weighted by molar-refractivity contribution is 6.31. The number of benzene rings is 1. The molecule has 2 nitrogen and oxygen atoms in total. The molecule has 20 heavy (non-hydrogen) atoms. The number of nitrogens with one attached hydrogen (secondary N) is 1. The van der Waals surface area contributed by atoms with Crippen molar-refractivity contribution < 1.29 is 4.74 Å². The van der Waals surface area contributed by atoms with E-state index >= 15 is 0 Å². The first kappa shape index (κ1) is 17.3. The molecular formula is C17H28ClNO. The largest absolute Gasteiger partial charge is 0.489 e. The molecule has 0 aliphatic carbocycles. The van der Waals surface area contributed by atoms with E-state index in [1.54, 1.807) is 0 Å². The fourth-order valence-electron chi connectivity index (χ4n) is 2.09. The standard InChI is InChI=1S/C17H28ClNO/c1-6-7-8-19-11-14(5)20-17-9-13(4)16(18)10-15(17)12(2)3/h9-10,12,14,19H,6-8,11H2,1-5H3. The van der Waals surface area contributed by atoms with Crippen LogP contribution in [0.2, 0.25) is 5.02 Å². The van der Waals surface area contributed by atoms with Crippen molar-refractivity contribution in [3.05, 3.63) is 28.3 Å². The van der Waals surface area contributed by atoms with Gasteiger partial charge in [-0.15, -0.1) is 0 Å². The Morgan fingerprint density at radius 1 is 1.25 bits per heavy atom. The van der Waals surface area contributed by atoms with Gasteiger partial charge in [0.25, 0.3) is 0 Å². The quantitative estimate of drug-likeness (QED) is 0.687. The number of halogens is 1. The second-order valence-electron chi connectivity index (χ2n) is 5.78. The van der Waals surface area contributed by atoms with E-state index in [-0.39, 0.29) is 6.10 Å². The first-order chi connectivity index (χ1) is 9.45. The van der Waals surface area contributed by atoms with Crippen molar-refractivity contribution in [1.82, 2.24) is 5.32 Å². The van der Waals surface area contributed by atoms with Gasteiger partial charge in [-0.05, 0) is 56.0 Å². The van der Waals surface area contributed by atoms with Gasteiger partial charge in [0, 0.05) is 11.6 Å². The summed E-state index contributed by atoms with van der Waals surface area (Å²) in [7, 11) is 0. The Morgan fingerprint density at radius 3 is 2.55 bits per heavy atom. The number of hydrogen-bond acceptors (Lipinski definition) is 2. The molecule has 0 heterocycles. The smallest absolute Gasteiger partial charge is 0.123 e. The second kappa shape index (κ2) is 8.53. The normalized spacial score (nSPS) is 12.8. The lowest BCUT2D eigenvalue weighted by Gasteiger charge is -2.20. The lowest BCUT2D eigenvalue weighted by molar-refractivity contribution is 0.214. The van der Waals surface area contributed by atoms with E-state index in [1.165, 1.54) is 18.4 Å². The van der Waals surface area contributed by atoms with Crippen LogP contribution in [0, 0.1) is 6.92 Å². The maximum atomic E-state index is 6.22. The fourth-order valence-corrected chi connectivity index (χ4v) is 2.26. The van der Waals surface area contributed by atoms with Gasteiger partial charge >= 0.3 is 0 Å². The van der Waals surface area contributed by atoms with Gasteiger partial charge in [0.05, 0.1) is 0 Å². The number of aryl methyl sites for hydroxylation is 1. The van der Waals surface area contributed by atoms with E-state index in [0.717, 1.165) is 29.4 Å². The Bertz CT molecular complexity index is 418. The van der Waals surface area contributed by atoms with Crippen molar-refractivity contribution in [3.8, 4) is 5.75 Å². The molecule has 114 valence electrons. The minimum absolute atomic E-state index is 0.157. The summed E-state index contributed by atoms with van der Waals surface area (Å²) in [5.74, 6) is 1.37. The summed E-state index contributed by atoms with van der Waals surface area (Å²) in [4.78, 5) is 0. The molecule has 0 aromatic heterocycles. The average Bonchev–Trinajstić information content (AvgIpc) is 2.38. The Kier molecular flexibility index (Phi) is 7.39. The van der Waals surface area contributed by atoms with Gasteiger partial charge in [-0.3, -0.25) is 0 Å². The molecule has 0 amide bonds. The maximum absolute atomic E-state index is 6.22. The molecule has 1 aromatic rings. The number of unbranched alkanes of at least 4 members (excludes halogenated alkanes) is 1. The predicted octanol–water partition coefficient (Wildman–Crippen LogP) is 4.93. The molecule has 0 radical (unpaired) electrons. The molecule has 0 spiro atoms. The van der Waals surface area contributed by atoms with Gasteiger partial charge in [-0.2, -0.15) is 0 Å². The fraction of sp³-hybridized carbons (Fsp3) is 0.647. The maximum Gasteiger partial charge on any atom is 0.123 e. The molecule has 0 aliphatic heterocycles. The van der Waals surface area contributed by atoms with E-state index in [9.17, 15) is 0 Å². The number of rotatable bonds is 8. The molecule has 1 unspecified atom stereocenters.